The highest BCUT2D eigenvalue weighted by Gasteiger charge is 2.09. The molecule has 1 amide bonds. The van der Waals surface area contributed by atoms with E-state index in [4.69, 9.17) is 4.42 Å². The molecule has 0 unspecified atom stereocenters. The topological polar surface area (TPSA) is 68.0 Å². The molecule has 0 aliphatic heterocycles. The van der Waals surface area contributed by atoms with Crippen LogP contribution in [0.3, 0.4) is 0 Å². The van der Waals surface area contributed by atoms with E-state index >= 15 is 0 Å². The molecule has 0 bridgehead atoms. The lowest BCUT2D eigenvalue weighted by Gasteiger charge is -2.07. The Kier molecular flexibility index (Phi) is 3.91. The first-order chi connectivity index (χ1) is 10.7. The lowest BCUT2D eigenvalue weighted by Crippen LogP contribution is -2.15. The van der Waals surface area contributed by atoms with Crippen molar-refractivity contribution in [2.24, 2.45) is 0 Å². The molecular formula is C16H12FN3O2. The smallest absolute Gasteiger partial charge is 0.247 e. The Bertz CT molecular complexity index is 788. The van der Waals surface area contributed by atoms with Crippen molar-refractivity contribution in [3.8, 4) is 11.5 Å². The van der Waals surface area contributed by atoms with Gasteiger partial charge in [0.1, 0.15) is 5.82 Å². The van der Waals surface area contributed by atoms with E-state index in [0.29, 0.717) is 22.7 Å². The third-order valence-corrected chi connectivity index (χ3v) is 3.06. The minimum Gasteiger partial charge on any atom is -0.423 e. The Morgan fingerprint density at radius 2 is 2.05 bits per heavy atom. The van der Waals surface area contributed by atoms with E-state index in [1.807, 2.05) is 0 Å². The van der Waals surface area contributed by atoms with Crippen LogP contribution in [0, 0.1) is 5.82 Å². The number of benzene rings is 2. The van der Waals surface area contributed by atoms with Crippen LogP contribution in [0.1, 0.15) is 5.56 Å². The van der Waals surface area contributed by atoms with E-state index in [-0.39, 0.29) is 12.3 Å². The Morgan fingerprint density at radius 1 is 1.18 bits per heavy atom. The Labute approximate surface area is 125 Å². The summed E-state index contributed by atoms with van der Waals surface area (Å²) < 4.78 is 18.6. The van der Waals surface area contributed by atoms with Gasteiger partial charge in [-0.05, 0) is 29.8 Å². The molecule has 2 aromatic carbocycles. The van der Waals surface area contributed by atoms with Gasteiger partial charge in [-0.3, -0.25) is 4.79 Å². The van der Waals surface area contributed by atoms with Crippen LogP contribution in [0.4, 0.5) is 10.1 Å². The fourth-order valence-corrected chi connectivity index (χ4v) is 2.05. The SMILES string of the molecule is O=C(Cc1ccccc1F)Nc1cccc(-c2nnco2)c1. The maximum atomic E-state index is 13.5. The van der Waals surface area contributed by atoms with Crippen molar-refractivity contribution in [1.29, 1.82) is 0 Å². The van der Waals surface area contributed by atoms with Crippen LogP contribution >= 0.6 is 0 Å². The Morgan fingerprint density at radius 3 is 2.82 bits per heavy atom. The highest BCUT2D eigenvalue weighted by atomic mass is 19.1. The van der Waals surface area contributed by atoms with E-state index in [1.54, 1.807) is 42.5 Å². The molecule has 0 radical (unpaired) electrons. The highest BCUT2D eigenvalue weighted by Crippen LogP contribution is 2.20. The van der Waals surface area contributed by atoms with Crippen molar-refractivity contribution in [1.82, 2.24) is 10.2 Å². The average Bonchev–Trinajstić information content (AvgIpc) is 3.04. The van der Waals surface area contributed by atoms with Gasteiger partial charge in [0.25, 0.3) is 0 Å². The van der Waals surface area contributed by atoms with Crippen molar-refractivity contribution in [3.05, 3.63) is 66.3 Å². The molecule has 0 spiro atoms. The summed E-state index contributed by atoms with van der Waals surface area (Å²) in [6, 6.07) is 13.2. The fourth-order valence-electron chi connectivity index (χ4n) is 2.05. The molecule has 3 aromatic rings. The van der Waals surface area contributed by atoms with Gasteiger partial charge in [0.15, 0.2) is 0 Å². The number of halogens is 1. The number of amides is 1. The summed E-state index contributed by atoms with van der Waals surface area (Å²) in [5.41, 5.74) is 1.63. The molecule has 22 heavy (non-hydrogen) atoms. The van der Waals surface area contributed by atoms with Crippen molar-refractivity contribution in [2.75, 3.05) is 5.32 Å². The molecule has 6 heteroatoms. The van der Waals surface area contributed by atoms with Gasteiger partial charge in [-0.1, -0.05) is 24.3 Å². The molecule has 0 aliphatic carbocycles. The number of rotatable bonds is 4. The van der Waals surface area contributed by atoms with Gasteiger partial charge in [0.2, 0.25) is 18.2 Å². The van der Waals surface area contributed by atoms with Crippen molar-refractivity contribution >= 4 is 11.6 Å². The predicted molar refractivity (Wildman–Crippen MR) is 78.5 cm³/mol. The zero-order chi connectivity index (χ0) is 15.4. The number of anilines is 1. The lowest BCUT2D eigenvalue weighted by molar-refractivity contribution is -0.115. The molecule has 0 fully saturated rings. The van der Waals surface area contributed by atoms with Crippen LogP contribution in [-0.4, -0.2) is 16.1 Å². The summed E-state index contributed by atoms with van der Waals surface area (Å²) in [4.78, 5) is 12.0. The predicted octanol–water partition coefficient (Wildman–Crippen LogP) is 3.06. The van der Waals surface area contributed by atoms with Crippen molar-refractivity contribution in [3.63, 3.8) is 0 Å². The van der Waals surface area contributed by atoms with E-state index in [2.05, 4.69) is 15.5 Å². The molecule has 0 saturated heterocycles. The summed E-state index contributed by atoms with van der Waals surface area (Å²) >= 11 is 0. The third-order valence-electron chi connectivity index (χ3n) is 3.06. The molecule has 5 nitrogen and oxygen atoms in total. The molecule has 1 N–H and O–H groups in total. The van der Waals surface area contributed by atoms with Crippen molar-refractivity contribution < 1.29 is 13.6 Å². The van der Waals surface area contributed by atoms with E-state index in [0.717, 1.165) is 0 Å². The summed E-state index contributed by atoms with van der Waals surface area (Å²) in [5, 5.41) is 10.1. The number of nitrogens with one attached hydrogen (secondary N) is 1. The molecule has 1 aromatic heterocycles. The van der Waals surface area contributed by atoms with Gasteiger partial charge in [-0.2, -0.15) is 0 Å². The van der Waals surface area contributed by atoms with Gasteiger partial charge in [0.05, 0.1) is 6.42 Å². The Balaban J connectivity index is 1.72. The molecule has 0 saturated carbocycles. The van der Waals surface area contributed by atoms with Gasteiger partial charge in [-0.25, -0.2) is 4.39 Å². The minimum absolute atomic E-state index is 0.0303. The average molecular weight is 297 g/mol. The largest absolute Gasteiger partial charge is 0.423 e. The van der Waals surface area contributed by atoms with Crippen LogP contribution in [0.25, 0.3) is 11.5 Å². The second-order valence-electron chi connectivity index (χ2n) is 4.64. The second kappa shape index (κ2) is 6.17. The summed E-state index contributed by atoms with van der Waals surface area (Å²) in [6.45, 7) is 0. The number of carbonyl (C=O) groups excluding carboxylic acids is 1. The van der Waals surface area contributed by atoms with Gasteiger partial charge < -0.3 is 9.73 Å². The normalized spacial score (nSPS) is 10.4. The zero-order valence-corrected chi connectivity index (χ0v) is 11.5. The minimum atomic E-state index is -0.391. The van der Waals surface area contributed by atoms with Crippen LogP contribution in [-0.2, 0) is 11.2 Å². The van der Waals surface area contributed by atoms with E-state index in [9.17, 15) is 9.18 Å². The number of nitrogens with zero attached hydrogens (tertiary/aromatic N) is 2. The number of aromatic nitrogens is 2. The third kappa shape index (κ3) is 3.17. The van der Waals surface area contributed by atoms with Gasteiger partial charge in [-0.15, -0.1) is 10.2 Å². The second-order valence-corrected chi connectivity index (χ2v) is 4.64. The van der Waals surface area contributed by atoms with E-state index < -0.39 is 5.82 Å². The first-order valence-electron chi connectivity index (χ1n) is 6.62. The summed E-state index contributed by atoms with van der Waals surface area (Å²) in [7, 11) is 0. The Hall–Kier alpha value is -3.02. The quantitative estimate of drug-likeness (QED) is 0.803. The highest BCUT2D eigenvalue weighted by molar-refractivity contribution is 5.92. The molecule has 0 aliphatic rings. The van der Waals surface area contributed by atoms with Crippen LogP contribution in [0.15, 0.2) is 59.3 Å². The van der Waals surface area contributed by atoms with Crippen molar-refractivity contribution in [2.45, 2.75) is 6.42 Å². The number of hydrogen-bond donors (Lipinski definition) is 1. The van der Waals surface area contributed by atoms with Crippen LogP contribution in [0.5, 0.6) is 0 Å². The zero-order valence-electron chi connectivity index (χ0n) is 11.5. The lowest BCUT2D eigenvalue weighted by atomic mass is 10.1. The molecule has 110 valence electrons. The monoisotopic (exact) mass is 297 g/mol. The van der Waals surface area contributed by atoms with Crippen LogP contribution in [0.2, 0.25) is 0 Å². The van der Waals surface area contributed by atoms with E-state index in [1.165, 1.54) is 12.5 Å². The number of carbonyl (C=O) groups is 1. The summed E-state index contributed by atoms with van der Waals surface area (Å²) in [6.07, 6.45) is 1.20. The molecular weight excluding hydrogens is 285 g/mol. The molecule has 0 atom stereocenters. The first kappa shape index (κ1) is 13.9. The first-order valence-corrected chi connectivity index (χ1v) is 6.62. The fraction of sp³-hybridized carbons (Fsp3) is 0.0625. The standard InChI is InChI=1S/C16H12FN3O2/c17-14-7-2-1-4-11(14)9-15(21)19-13-6-3-5-12(8-13)16-20-18-10-22-16/h1-8,10H,9H2,(H,19,21). The van der Waals surface area contributed by atoms with Crippen LogP contribution < -0.4 is 5.32 Å². The summed E-state index contributed by atoms with van der Waals surface area (Å²) in [5.74, 6) is -0.324. The maximum absolute atomic E-state index is 13.5. The molecule has 1 heterocycles. The number of hydrogen-bond acceptors (Lipinski definition) is 4. The maximum Gasteiger partial charge on any atom is 0.247 e. The molecule has 3 rings (SSSR count). The van der Waals surface area contributed by atoms with Gasteiger partial charge >= 0.3 is 0 Å². The van der Waals surface area contributed by atoms with Gasteiger partial charge in [0, 0.05) is 11.3 Å².